The summed E-state index contributed by atoms with van der Waals surface area (Å²) in [7, 11) is -4.51. The summed E-state index contributed by atoms with van der Waals surface area (Å²) < 4.78 is 29.6. The summed E-state index contributed by atoms with van der Waals surface area (Å²) in [5, 5.41) is 17.0. The number of hydrogen-bond donors (Lipinski definition) is 4. The molecule has 0 saturated heterocycles. The molecule has 1 unspecified atom stereocenters. The monoisotopic (exact) mass is 284 g/mol. The zero-order chi connectivity index (χ0) is 14.3. The summed E-state index contributed by atoms with van der Waals surface area (Å²) in [5.41, 5.74) is 0. The maximum absolute atomic E-state index is 11.2. The molecule has 1 atom stereocenters. The number of carbonyl (C=O) groups is 3. The van der Waals surface area contributed by atoms with Gasteiger partial charge in [-0.05, 0) is 6.92 Å². The Labute approximate surface area is 102 Å². The van der Waals surface area contributed by atoms with Crippen molar-refractivity contribution in [2.45, 2.75) is 19.4 Å². The third-order valence-electron chi connectivity index (χ3n) is 1.47. The standard InChI is InChI=1S/C7H12N2O8S/c1-2-17-7(14)9-18(15,16)8-4(6(12)13)3-5(10)11/h4,8H,2-3H2,1H3,(H,9,14)(H,10,11)(H,12,13). The van der Waals surface area contributed by atoms with Crippen LogP contribution in [-0.2, 0) is 24.5 Å². The number of amides is 1. The van der Waals surface area contributed by atoms with Gasteiger partial charge in [0.15, 0.2) is 0 Å². The first-order valence-corrected chi connectivity index (χ1v) is 6.07. The third kappa shape index (κ3) is 6.65. The van der Waals surface area contributed by atoms with E-state index in [4.69, 9.17) is 10.2 Å². The van der Waals surface area contributed by atoms with Crippen molar-refractivity contribution < 1.29 is 37.8 Å². The highest BCUT2D eigenvalue weighted by Crippen LogP contribution is 1.95. The predicted octanol–water partition coefficient (Wildman–Crippen LogP) is -1.51. The molecule has 4 N–H and O–H groups in total. The van der Waals surface area contributed by atoms with Crippen molar-refractivity contribution in [3.8, 4) is 0 Å². The minimum Gasteiger partial charge on any atom is -0.481 e. The van der Waals surface area contributed by atoms with E-state index in [-0.39, 0.29) is 6.61 Å². The van der Waals surface area contributed by atoms with E-state index in [0.717, 1.165) is 0 Å². The molecule has 104 valence electrons. The van der Waals surface area contributed by atoms with Crippen molar-refractivity contribution in [2.24, 2.45) is 0 Å². The summed E-state index contributed by atoms with van der Waals surface area (Å²) in [6.07, 6.45) is -2.27. The normalized spacial score (nSPS) is 12.5. The molecule has 11 heteroatoms. The zero-order valence-electron chi connectivity index (χ0n) is 9.24. The summed E-state index contributed by atoms with van der Waals surface area (Å²) in [6.45, 7) is 1.35. The molecule has 10 nitrogen and oxygen atoms in total. The molecule has 0 aromatic carbocycles. The van der Waals surface area contributed by atoms with Gasteiger partial charge in [-0.2, -0.15) is 13.1 Å². The molecule has 0 aromatic rings. The highest BCUT2D eigenvalue weighted by Gasteiger charge is 2.27. The van der Waals surface area contributed by atoms with E-state index in [0.29, 0.717) is 0 Å². The van der Waals surface area contributed by atoms with Crippen LogP contribution in [0.15, 0.2) is 0 Å². The topological polar surface area (TPSA) is 159 Å². The van der Waals surface area contributed by atoms with Crippen LogP contribution in [0, 0.1) is 0 Å². The van der Waals surface area contributed by atoms with Gasteiger partial charge in [-0.25, -0.2) is 9.52 Å². The molecule has 0 rings (SSSR count). The number of carbonyl (C=O) groups excluding carboxylic acids is 1. The Bertz CT molecular complexity index is 431. The lowest BCUT2D eigenvalue weighted by Gasteiger charge is -2.13. The molecule has 0 radical (unpaired) electrons. The summed E-state index contributed by atoms with van der Waals surface area (Å²) in [5.74, 6) is -3.20. The first kappa shape index (κ1) is 16.1. The van der Waals surface area contributed by atoms with E-state index in [1.807, 2.05) is 0 Å². The Kier molecular flexibility index (Phi) is 6.05. The van der Waals surface area contributed by atoms with E-state index in [1.54, 1.807) is 0 Å². The van der Waals surface area contributed by atoms with Crippen LogP contribution >= 0.6 is 0 Å². The van der Waals surface area contributed by atoms with E-state index in [9.17, 15) is 22.8 Å². The van der Waals surface area contributed by atoms with Crippen LogP contribution in [0.5, 0.6) is 0 Å². The second kappa shape index (κ2) is 6.76. The summed E-state index contributed by atoms with van der Waals surface area (Å²) in [6, 6.07) is -1.89. The maximum Gasteiger partial charge on any atom is 0.421 e. The van der Waals surface area contributed by atoms with Gasteiger partial charge in [0.25, 0.3) is 0 Å². The number of hydrogen-bond acceptors (Lipinski definition) is 6. The van der Waals surface area contributed by atoms with Gasteiger partial charge in [0.2, 0.25) is 0 Å². The molecular weight excluding hydrogens is 272 g/mol. The minimum atomic E-state index is -4.51. The van der Waals surface area contributed by atoms with Gasteiger partial charge in [-0.1, -0.05) is 0 Å². The van der Waals surface area contributed by atoms with Gasteiger partial charge >= 0.3 is 28.2 Å². The Morgan fingerprint density at radius 3 is 2.22 bits per heavy atom. The lowest BCUT2D eigenvalue weighted by molar-refractivity contribution is -0.145. The lowest BCUT2D eigenvalue weighted by atomic mass is 10.2. The van der Waals surface area contributed by atoms with Gasteiger partial charge in [0.1, 0.15) is 6.04 Å². The maximum atomic E-state index is 11.2. The summed E-state index contributed by atoms with van der Waals surface area (Å²) >= 11 is 0. The molecule has 0 heterocycles. The van der Waals surface area contributed by atoms with E-state index >= 15 is 0 Å². The molecule has 18 heavy (non-hydrogen) atoms. The fraction of sp³-hybridized carbons (Fsp3) is 0.571. The number of aliphatic carboxylic acids is 2. The van der Waals surface area contributed by atoms with Gasteiger partial charge in [-0.3, -0.25) is 9.59 Å². The quantitative estimate of drug-likeness (QED) is 0.439. The molecular formula is C7H12N2O8S. The fourth-order valence-corrected chi connectivity index (χ4v) is 1.74. The molecule has 0 spiro atoms. The number of rotatable bonds is 7. The van der Waals surface area contributed by atoms with Crippen molar-refractivity contribution in [2.75, 3.05) is 6.61 Å². The smallest absolute Gasteiger partial charge is 0.421 e. The van der Waals surface area contributed by atoms with Crippen LogP contribution in [0.25, 0.3) is 0 Å². The van der Waals surface area contributed by atoms with Crippen LogP contribution in [-0.4, -0.2) is 49.3 Å². The third-order valence-corrected chi connectivity index (χ3v) is 2.50. The molecule has 0 saturated carbocycles. The SMILES string of the molecule is CCOC(=O)NS(=O)(=O)NC(CC(=O)O)C(=O)O. The number of carboxylic acids is 2. The molecule has 1 amide bonds. The van der Waals surface area contributed by atoms with Gasteiger partial charge in [0.05, 0.1) is 13.0 Å². The van der Waals surface area contributed by atoms with Gasteiger partial charge in [0, 0.05) is 0 Å². The van der Waals surface area contributed by atoms with Crippen molar-refractivity contribution in [3.05, 3.63) is 0 Å². The molecule has 0 aliphatic carbocycles. The average molecular weight is 284 g/mol. The fourth-order valence-electron chi connectivity index (χ4n) is 0.841. The minimum absolute atomic E-state index is 0.0845. The highest BCUT2D eigenvalue weighted by molar-refractivity contribution is 7.88. The van der Waals surface area contributed by atoms with Crippen LogP contribution in [0.3, 0.4) is 0 Å². The first-order valence-electron chi connectivity index (χ1n) is 4.59. The van der Waals surface area contributed by atoms with Crippen LogP contribution < -0.4 is 9.44 Å². The molecule has 0 aliphatic rings. The van der Waals surface area contributed by atoms with Crippen molar-refractivity contribution in [1.29, 1.82) is 0 Å². The molecule has 0 fully saturated rings. The number of nitrogens with one attached hydrogen (secondary N) is 2. The number of ether oxygens (including phenoxy) is 1. The van der Waals surface area contributed by atoms with Crippen LogP contribution in [0.4, 0.5) is 4.79 Å². The Hall–Kier alpha value is -1.88. The molecule has 0 aromatic heterocycles. The van der Waals surface area contributed by atoms with Crippen molar-refractivity contribution in [1.82, 2.24) is 9.44 Å². The molecule has 0 aliphatic heterocycles. The second-order valence-electron chi connectivity index (χ2n) is 2.93. The predicted molar refractivity (Wildman–Crippen MR) is 55.9 cm³/mol. The summed E-state index contributed by atoms with van der Waals surface area (Å²) in [4.78, 5) is 31.7. The van der Waals surface area contributed by atoms with Crippen molar-refractivity contribution in [3.63, 3.8) is 0 Å². The molecule has 0 bridgehead atoms. The van der Waals surface area contributed by atoms with Crippen LogP contribution in [0.1, 0.15) is 13.3 Å². The first-order chi connectivity index (χ1) is 8.18. The van der Waals surface area contributed by atoms with Crippen molar-refractivity contribution >= 4 is 28.2 Å². The highest BCUT2D eigenvalue weighted by atomic mass is 32.2. The largest absolute Gasteiger partial charge is 0.481 e. The Morgan fingerprint density at radius 1 is 1.28 bits per heavy atom. The Morgan fingerprint density at radius 2 is 1.83 bits per heavy atom. The number of carboxylic acid groups (broad SMARTS) is 2. The Balaban J connectivity index is 4.66. The lowest BCUT2D eigenvalue weighted by Crippen LogP contribution is -2.49. The van der Waals surface area contributed by atoms with E-state index in [1.165, 1.54) is 16.4 Å². The van der Waals surface area contributed by atoms with E-state index in [2.05, 4.69) is 4.74 Å². The second-order valence-corrected chi connectivity index (χ2v) is 4.38. The van der Waals surface area contributed by atoms with Gasteiger partial charge < -0.3 is 14.9 Å². The van der Waals surface area contributed by atoms with E-state index < -0.39 is 40.7 Å². The average Bonchev–Trinajstić information content (AvgIpc) is 2.14. The van der Waals surface area contributed by atoms with Gasteiger partial charge in [-0.15, -0.1) is 0 Å². The zero-order valence-corrected chi connectivity index (χ0v) is 10.1. The van der Waals surface area contributed by atoms with Crippen LogP contribution in [0.2, 0.25) is 0 Å².